The Bertz CT molecular complexity index is 1730. The number of nitrogens with one attached hydrogen (secondary N) is 2. The Morgan fingerprint density at radius 1 is 1.00 bits per heavy atom. The van der Waals surface area contributed by atoms with Crippen LogP contribution < -0.4 is 10.6 Å². The highest BCUT2D eigenvalue weighted by Crippen LogP contribution is 2.37. The molecule has 226 valence electrons. The van der Waals surface area contributed by atoms with E-state index in [2.05, 4.69) is 76.9 Å². The maximum absolute atomic E-state index is 10.0. The molecule has 5 rings (SSSR count). The van der Waals surface area contributed by atoms with Gasteiger partial charge in [0.15, 0.2) is 0 Å². The smallest absolute Gasteiger partial charge is 0.110 e. The van der Waals surface area contributed by atoms with E-state index in [4.69, 9.17) is 11.6 Å². The first kappa shape index (κ1) is 30.9. The number of hydrogen-bond acceptors (Lipinski definition) is 7. The number of benzene rings is 2. The van der Waals surface area contributed by atoms with Gasteiger partial charge in [-0.25, -0.2) is 4.68 Å². The lowest BCUT2D eigenvalue weighted by molar-refractivity contribution is -0.906. The van der Waals surface area contributed by atoms with Crippen molar-refractivity contribution in [1.29, 1.82) is 5.26 Å². The molecular formula is C34H39ClN9+. The Balaban J connectivity index is 1.52. The molecule has 0 fully saturated rings. The summed E-state index contributed by atoms with van der Waals surface area (Å²) in [7, 11) is 2.26. The molecule has 0 saturated carbocycles. The SMILES string of the molecule is CCC(Nc1c(C#N)cnc2c(Cl)cc(NC(c3cccnc3)c3cn(CC[N+](C)(CC)CC)nn3)cc12)c1ccccc1. The first-order chi connectivity index (χ1) is 21.4. The van der Waals surface area contributed by atoms with E-state index in [-0.39, 0.29) is 12.1 Å². The van der Waals surface area contributed by atoms with Gasteiger partial charge in [0.2, 0.25) is 0 Å². The lowest BCUT2D eigenvalue weighted by atomic mass is 10.0. The molecule has 0 aliphatic heterocycles. The maximum Gasteiger partial charge on any atom is 0.110 e. The summed E-state index contributed by atoms with van der Waals surface area (Å²) in [4.78, 5) is 8.92. The Kier molecular flexibility index (Phi) is 9.73. The highest BCUT2D eigenvalue weighted by Gasteiger charge is 2.22. The molecule has 0 amide bonds. The maximum atomic E-state index is 10.0. The zero-order valence-electron chi connectivity index (χ0n) is 25.7. The molecule has 0 aliphatic carbocycles. The van der Waals surface area contributed by atoms with E-state index in [1.54, 1.807) is 12.4 Å². The number of rotatable bonds is 13. The predicted octanol–water partition coefficient (Wildman–Crippen LogP) is 7.00. The molecule has 9 nitrogen and oxygen atoms in total. The second-order valence-electron chi connectivity index (χ2n) is 11.3. The van der Waals surface area contributed by atoms with Gasteiger partial charge in [-0.3, -0.25) is 9.97 Å². The third-order valence-corrected chi connectivity index (χ3v) is 8.84. The predicted molar refractivity (Wildman–Crippen MR) is 176 cm³/mol. The number of hydrogen-bond donors (Lipinski definition) is 2. The first-order valence-corrected chi connectivity index (χ1v) is 15.5. The second kappa shape index (κ2) is 13.8. The van der Waals surface area contributed by atoms with Crippen LogP contribution in [0.3, 0.4) is 0 Å². The fourth-order valence-corrected chi connectivity index (χ4v) is 5.61. The number of anilines is 2. The second-order valence-corrected chi connectivity index (χ2v) is 11.7. The van der Waals surface area contributed by atoms with Gasteiger partial charge in [0.1, 0.15) is 11.8 Å². The van der Waals surface area contributed by atoms with Crippen LogP contribution in [0.15, 0.2) is 79.4 Å². The summed E-state index contributed by atoms with van der Waals surface area (Å²) in [5, 5.41) is 27.6. The van der Waals surface area contributed by atoms with Crippen LogP contribution >= 0.6 is 11.6 Å². The summed E-state index contributed by atoms with van der Waals surface area (Å²) in [5.74, 6) is 0. The Morgan fingerprint density at radius 2 is 1.77 bits per heavy atom. The normalized spacial score (nSPS) is 12.9. The topological polar surface area (TPSA) is 104 Å². The summed E-state index contributed by atoms with van der Waals surface area (Å²) in [5.41, 5.74) is 5.40. The van der Waals surface area contributed by atoms with Gasteiger partial charge in [-0.15, -0.1) is 5.10 Å². The molecule has 3 aromatic heterocycles. The van der Waals surface area contributed by atoms with Crippen LogP contribution in [0.25, 0.3) is 10.9 Å². The van der Waals surface area contributed by atoms with Crippen molar-refractivity contribution in [3.8, 4) is 6.07 Å². The molecule has 2 atom stereocenters. The van der Waals surface area contributed by atoms with Crippen LogP contribution in [-0.4, -0.2) is 56.1 Å². The van der Waals surface area contributed by atoms with Gasteiger partial charge in [0.25, 0.3) is 0 Å². The van der Waals surface area contributed by atoms with Gasteiger partial charge in [0.05, 0.1) is 73.3 Å². The zero-order valence-corrected chi connectivity index (χ0v) is 26.5. The number of fused-ring (bicyclic) bond motifs is 1. The molecule has 44 heavy (non-hydrogen) atoms. The Labute approximate surface area is 264 Å². The molecule has 2 unspecified atom stereocenters. The van der Waals surface area contributed by atoms with Crippen molar-refractivity contribution in [3.63, 3.8) is 0 Å². The Morgan fingerprint density at radius 3 is 2.45 bits per heavy atom. The fourth-order valence-electron chi connectivity index (χ4n) is 5.34. The van der Waals surface area contributed by atoms with Crippen molar-refractivity contribution >= 4 is 33.9 Å². The lowest BCUT2D eigenvalue weighted by Gasteiger charge is -2.31. The van der Waals surface area contributed by atoms with Crippen LogP contribution in [0.4, 0.5) is 11.4 Å². The number of quaternary nitrogens is 1. The molecule has 0 aliphatic rings. The van der Waals surface area contributed by atoms with Gasteiger partial charge < -0.3 is 15.1 Å². The third-order valence-electron chi connectivity index (χ3n) is 8.55. The highest BCUT2D eigenvalue weighted by atomic mass is 35.5. The third kappa shape index (κ3) is 6.83. The standard InChI is InChI=1S/C34H39ClN9/c1-5-30(24-12-9-8-10-13-24)40-32-26(20-36)22-38-34-28(32)18-27(19-29(34)35)39-33(25-14-11-15-37-21-25)31-23-43(42-41-31)16-17-44(4,6-2)7-3/h8-15,18-19,21-23,30,33,39H,5-7,16-17H2,1-4H3,(H,38,40)/q+1. The summed E-state index contributed by atoms with van der Waals surface area (Å²) in [6, 6.07) is 20.0. The van der Waals surface area contributed by atoms with Gasteiger partial charge >= 0.3 is 0 Å². The monoisotopic (exact) mass is 608 g/mol. The molecule has 3 heterocycles. The summed E-state index contributed by atoms with van der Waals surface area (Å²) < 4.78 is 2.88. The van der Waals surface area contributed by atoms with E-state index in [0.717, 1.165) is 65.0 Å². The van der Waals surface area contributed by atoms with Gasteiger partial charge in [-0.2, -0.15) is 5.26 Å². The summed E-state index contributed by atoms with van der Waals surface area (Å²) in [6.07, 6.45) is 7.99. The largest absolute Gasteiger partial charge is 0.377 e. The number of nitriles is 1. The van der Waals surface area contributed by atoms with Gasteiger partial charge in [-0.1, -0.05) is 60.1 Å². The van der Waals surface area contributed by atoms with Crippen LogP contribution in [-0.2, 0) is 6.54 Å². The average Bonchev–Trinajstić information content (AvgIpc) is 3.54. The van der Waals surface area contributed by atoms with Crippen molar-refractivity contribution in [2.45, 2.75) is 45.8 Å². The van der Waals surface area contributed by atoms with Crippen molar-refractivity contribution in [2.24, 2.45) is 0 Å². The summed E-state index contributed by atoms with van der Waals surface area (Å²) in [6.45, 7) is 10.4. The number of aromatic nitrogens is 5. The summed E-state index contributed by atoms with van der Waals surface area (Å²) >= 11 is 6.85. The minimum absolute atomic E-state index is 0.00312. The van der Waals surface area contributed by atoms with Gasteiger partial charge in [-0.05, 0) is 49.6 Å². The number of likely N-dealkylation sites (N-methyl/N-ethyl adjacent to an activating group) is 1. The van der Waals surface area contributed by atoms with Gasteiger partial charge in [0, 0.05) is 29.7 Å². The molecule has 0 radical (unpaired) electrons. The molecule has 0 spiro atoms. The van der Waals surface area contributed by atoms with E-state index in [1.165, 1.54) is 0 Å². The molecule has 2 aromatic carbocycles. The van der Waals surface area contributed by atoms with Crippen molar-refractivity contribution in [3.05, 3.63) is 107 Å². The minimum atomic E-state index is -0.333. The van der Waals surface area contributed by atoms with Crippen LogP contribution in [0, 0.1) is 11.3 Å². The van der Waals surface area contributed by atoms with E-state index in [1.807, 2.05) is 59.5 Å². The first-order valence-electron chi connectivity index (χ1n) is 15.1. The molecule has 0 bridgehead atoms. The molecule has 10 heteroatoms. The Hall–Kier alpha value is -4.52. The lowest BCUT2D eigenvalue weighted by Crippen LogP contribution is -2.45. The minimum Gasteiger partial charge on any atom is -0.377 e. The quantitative estimate of drug-likeness (QED) is 0.139. The van der Waals surface area contributed by atoms with E-state index < -0.39 is 0 Å². The van der Waals surface area contributed by atoms with Crippen molar-refractivity contribution in [2.75, 3.05) is 37.3 Å². The van der Waals surface area contributed by atoms with Crippen LogP contribution in [0.2, 0.25) is 5.02 Å². The van der Waals surface area contributed by atoms with Crippen LogP contribution in [0.1, 0.15) is 61.7 Å². The van der Waals surface area contributed by atoms with Crippen LogP contribution in [0.5, 0.6) is 0 Å². The number of halogens is 1. The van der Waals surface area contributed by atoms with Crippen molar-refractivity contribution < 1.29 is 4.48 Å². The average molecular weight is 609 g/mol. The fraction of sp³-hybridized carbons (Fsp3) is 0.324. The molecule has 0 saturated heterocycles. The zero-order chi connectivity index (χ0) is 31.1. The van der Waals surface area contributed by atoms with E-state index in [0.29, 0.717) is 21.8 Å². The molecular weight excluding hydrogens is 570 g/mol. The van der Waals surface area contributed by atoms with E-state index >= 15 is 0 Å². The van der Waals surface area contributed by atoms with Crippen molar-refractivity contribution in [1.82, 2.24) is 25.0 Å². The molecule has 2 N–H and O–H groups in total. The molecule has 5 aromatic rings. The number of nitrogens with zero attached hydrogens (tertiary/aromatic N) is 7. The highest BCUT2D eigenvalue weighted by molar-refractivity contribution is 6.35. The van der Waals surface area contributed by atoms with E-state index in [9.17, 15) is 5.26 Å². The number of pyridine rings is 2.